The van der Waals surface area contributed by atoms with E-state index in [1.807, 2.05) is 0 Å². The molecule has 98 valence electrons. The molecule has 0 fully saturated rings. The van der Waals surface area contributed by atoms with E-state index in [1.165, 1.54) is 19.3 Å². The lowest BCUT2D eigenvalue weighted by Gasteiger charge is -2.33. The Kier molecular flexibility index (Phi) is 2.57. The van der Waals surface area contributed by atoms with Crippen LogP contribution in [-0.2, 0) is 9.53 Å². The largest absolute Gasteiger partial charge is 0.506 e. The number of rotatable bonds is 1. The molecule has 0 aromatic heterocycles. The number of methoxy groups -OCH3 is 1. The maximum Gasteiger partial charge on any atom is 0.178 e. The van der Waals surface area contributed by atoms with Gasteiger partial charge in [-0.3, -0.25) is 4.79 Å². The predicted octanol–water partition coefficient (Wildman–Crippen LogP) is 0.624. The molecule has 1 heterocycles. The van der Waals surface area contributed by atoms with Crippen molar-refractivity contribution in [2.75, 3.05) is 7.11 Å². The molecule has 1 aliphatic heterocycles. The standard InChI is InChI=1S/C14H13NO4/c1-19-12-6-11-9(13(17)14(12)18)5-7-4-8(16)2-3-10(7)15-11/h2-6,10,13,15,17-18H,1H3. The van der Waals surface area contributed by atoms with Gasteiger partial charge in [-0.25, -0.2) is 0 Å². The van der Waals surface area contributed by atoms with E-state index in [1.54, 1.807) is 18.2 Å². The molecule has 3 rings (SSSR count). The second-order valence-electron chi connectivity index (χ2n) is 4.54. The lowest BCUT2D eigenvalue weighted by molar-refractivity contribution is -0.110. The van der Waals surface area contributed by atoms with Gasteiger partial charge in [0.25, 0.3) is 0 Å². The fourth-order valence-electron chi connectivity index (χ4n) is 2.38. The highest BCUT2D eigenvalue weighted by molar-refractivity contribution is 6.01. The van der Waals surface area contributed by atoms with E-state index in [4.69, 9.17) is 4.74 Å². The van der Waals surface area contributed by atoms with Gasteiger partial charge in [0.05, 0.1) is 13.2 Å². The van der Waals surface area contributed by atoms with E-state index in [0.29, 0.717) is 11.3 Å². The molecule has 0 spiro atoms. The summed E-state index contributed by atoms with van der Waals surface area (Å²) in [7, 11) is 1.43. The maximum atomic E-state index is 11.3. The molecule has 0 saturated heterocycles. The Morgan fingerprint density at radius 3 is 2.84 bits per heavy atom. The number of hydrogen-bond donors (Lipinski definition) is 3. The summed E-state index contributed by atoms with van der Waals surface area (Å²) in [6.07, 6.45) is 7.00. The molecule has 2 aliphatic carbocycles. The Hall–Kier alpha value is -2.27. The van der Waals surface area contributed by atoms with Crippen molar-refractivity contribution in [1.82, 2.24) is 5.32 Å². The minimum Gasteiger partial charge on any atom is -0.506 e. The van der Waals surface area contributed by atoms with Crippen LogP contribution in [0.15, 0.2) is 58.7 Å². The SMILES string of the molecule is COC1=C(O)C(O)C2=CC3=CC(=O)C=CC3NC2=C1. The molecule has 0 saturated carbocycles. The van der Waals surface area contributed by atoms with Crippen molar-refractivity contribution in [3.05, 3.63) is 58.7 Å². The van der Waals surface area contributed by atoms with Crippen LogP contribution in [-0.4, -0.2) is 35.3 Å². The summed E-state index contributed by atoms with van der Waals surface area (Å²) >= 11 is 0. The number of aliphatic hydroxyl groups excluding tert-OH is 2. The first-order valence-corrected chi connectivity index (χ1v) is 5.89. The van der Waals surface area contributed by atoms with Crippen molar-refractivity contribution in [3.63, 3.8) is 0 Å². The van der Waals surface area contributed by atoms with Crippen LogP contribution in [0, 0.1) is 0 Å². The number of ether oxygens (including phenoxy) is 1. The van der Waals surface area contributed by atoms with Crippen molar-refractivity contribution < 1.29 is 19.7 Å². The monoisotopic (exact) mass is 259 g/mol. The number of ketones is 1. The quantitative estimate of drug-likeness (QED) is 0.643. The number of hydrogen-bond acceptors (Lipinski definition) is 5. The van der Waals surface area contributed by atoms with Gasteiger partial charge in [-0.2, -0.15) is 0 Å². The van der Waals surface area contributed by atoms with Crippen LogP contribution >= 0.6 is 0 Å². The Labute approximate surface area is 109 Å². The molecular formula is C14H13NO4. The maximum absolute atomic E-state index is 11.3. The minimum absolute atomic E-state index is 0.0834. The second kappa shape index (κ2) is 4.13. The zero-order valence-electron chi connectivity index (χ0n) is 10.3. The normalized spacial score (nSPS) is 28.7. The lowest BCUT2D eigenvalue weighted by atomic mass is 9.87. The zero-order chi connectivity index (χ0) is 13.6. The summed E-state index contributed by atoms with van der Waals surface area (Å²) in [5, 5.41) is 23.1. The summed E-state index contributed by atoms with van der Waals surface area (Å²) in [6, 6.07) is -0.0988. The van der Waals surface area contributed by atoms with Crippen molar-refractivity contribution in [3.8, 4) is 0 Å². The van der Waals surface area contributed by atoms with Crippen LogP contribution in [0.5, 0.6) is 0 Å². The third-order valence-electron chi connectivity index (χ3n) is 3.37. The third-order valence-corrected chi connectivity index (χ3v) is 3.37. The van der Waals surface area contributed by atoms with Crippen LogP contribution < -0.4 is 5.32 Å². The highest BCUT2D eigenvalue weighted by Crippen LogP contribution is 2.33. The molecule has 19 heavy (non-hydrogen) atoms. The summed E-state index contributed by atoms with van der Waals surface area (Å²) in [5.41, 5.74) is 1.99. The van der Waals surface area contributed by atoms with E-state index in [-0.39, 0.29) is 23.3 Å². The van der Waals surface area contributed by atoms with E-state index >= 15 is 0 Å². The van der Waals surface area contributed by atoms with E-state index < -0.39 is 6.10 Å². The Bertz CT molecular complexity index is 607. The first-order chi connectivity index (χ1) is 9.10. The lowest BCUT2D eigenvalue weighted by Crippen LogP contribution is -2.39. The van der Waals surface area contributed by atoms with Crippen LogP contribution in [0.3, 0.4) is 0 Å². The van der Waals surface area contributed by atoms with Crippen LogP contribution in [0.1, 0.15) is 0 Å². The van der Waals surface area contributed by atoms with Gasteiger partial charge in [0.15, 0.2) is 17.3 Å². The van der Waals surface area contributed by atoms with Gasteiger partial charge in [0, 0.05) is 17.3 Å². The van der Waals surface area contributed by atoms with E-state index in [2.05, 4.69) is 5.32 Å². The number of nitrogens with one attached hydrogen (secondary N) is 1. The van der Waals surface area contributed by atoms with Gasteiger partial charge < -0.3 is 20.3 Å². The Morgan fingerprint density at radius 2 is 2.11 bits per heavy atom. The molecule has 5 nitrogen and oxygen atoms in total. The van der Waals surface area contributed by atoms with Crippen molar-refractivity contribution in [2.45, 2.75) is 12.1 Å². The third kappa shape index (κ3) is 1.79. The van der Waals surface area contributed by atoms with Crippen molar-refractivity contribution >= 4 is 5.78 Å². The number of carbonyl (C=O) groups excluding carboxylic acids is 1. The van der Waals surface area contributed by atoms with Gasteiger partial charge in [-0.15, -0.1) is 0 Å². The summed E-state index contributed by atoms with van der Waals surface area (Å²) in [4.78, 5) is 11.3. The molecule has 3 aliphatic rings. The van der Waals surface area contributed by atoms with Crippen LogP contribution in [0.25, 0.3) is 0 Å². The van der Waals surface area contributed by atoms with Gasteiger partial charge in [0.2, 0.25) is 0 Å². The first-order valence-electron chi connectivity index (χ1n) is 5.89. The fourth-order valence-corrected chi connectivity index (χ4v) is 2.38. The van der Waals surface area contributed by atoms with E-state index in [0.717, 1.165) is 5.57 Å². The average molecular weight is 259 g/mol. The molecular weight excluding hydrogens is 246 g/mol. The number of allylic oxidation sites excluding steroid dienone is 3. The van der Waals surface area contributed by atoms with E-state index in [9.17, 15) is 15.0 Å². The summed E-state index contributed by atoms with van der Waals surface area (Å²) < 4.78 is 5.02. The molecule has 2 unspecified atom stereocenters. The molecule has 5 heteroatoms. The number of carbonyl (C=O) groups is 1. The second-order valence-corrected chi connectivity index (χ2v) is 4.54. The van der Waals surface area contributed by atoms with Crippen molar-refractivity contribution in [2.24, 2.45) is 0 Å². The molecule has 0 aromatic rings. The van der Waals surface area contributed by atoms with Crippen molar-refractivity contribution in [1.29, 1.82) is 0 Å². The summed E-state index contributed by atoms with van der Waals surface area (Å²) in [6.45, 7) is 0. The minimum atomic E-state index is -1.15. The topological polar surface area (TPSA) is 78.8 Å². The van der Waals surface area contributed by atoms with Crippen LogP contribution in [0.2, 0.25) is 0 Å². The average Bonchev–Trinajstić information content (AvgIpc) is 2.41. The van der Waals surface area contributed by atoms with Gasteiger partial charge >= 0.3 is 0 Å². The molecule has 0 radical (unpaired) electrons. The highest BCUT2D eigenvalue weighted by Gasteiger charge is 2.33. The van der Waals surface area contributed by atoms with Gasteiger partial charge in [0.1, 0.15) is 6.10 Å². The molecule has 2 atom stereocenters. The fraction of sp³-hybridized carbons (Fsp3) is 0.214. The highest BCUT2D eigenvalue weighted by atomic mass is 16.5. The Morgan fingerprint density at radius 1 is 1.32 bits per heavy atom. The predicted molar refractivity (Wildman–Crippen MR) is 68.0 cm³/mol. The molecule has 0 aromatic carbocycles. The first kappa shape index (κ1) is 11.8. The molecule has 3 N–H and O–H groups in total. The Balaban J connectivity index is 2.07. The smallest absolute Gasteiger partial charge is 0.178 e. The zero-order valence-corrected chi connectivity index (χ0v) is 10.3. The number of aliphatic hydroxyl groups is 2. The van der Waals surface area contributed by atoms with Crippen LogP contribution in [0.4, 0.5) is 0 Å². The molecule has 0 amide bonds. The van der Waals surface area contributed by atoms with Gasteiger partial charge in [-0.1, -0.05) is 6.08 Å². The van der Waals surface area contributed by atoms with Gasteiger partial charge in [-0.05, 0) is 23.8 Å². The molecule has 0 bridgehead atoms. The number of fused-ring (bicyclic) bond motifs is 2. The summed E-state index contributed by atoms with van der Waals surface area (Å²) in [5.74, 6) is -0.0774.